The number of Topliss-reactive ketones (excluding diaryl/α,β-unsaturated/α-hetero) is 1. The van der Waals surface area contributed by atoms with Crippen LogP contribution in [0.5, 0.6) is 11.5 Å². The number of halogens is 1. The number of ether oxygens (including phenoxy) is 1. The van der Waals surface area contributed by atoms with E-state index in [4.69, 9.17) is 11.2 Å². The van der Waals surface area contributed by atoms with E-state index in [0.29, 0.717) is 45.9 Å². The van der Waals surface area contributed by atoms with Crippen molar-refractivity contribution in [1.29, 1.82) is 0 Å². The molecule has 1 heterocycles. The van der Waals surface area contributed by atoms with E-state index in [-0.39, 0.29) is 23.6 Å². The third-order valence-corrected chi connectivity index (χ3v) is 5.05. The Bertz CT molecular complexity index is 1250. The molecule has 3 rings (SSSR count). The van der Waals surface area contributed by atoms with Crippen molar-refractivity contribution in [3.8, 4) is 35.1 Å². The zero-order chi connectivity index (χ0) is 22.7. The van der Waals surface area contributed by atoms with Crippen molar-refractivity contribution in [3.63, 3.8) is 0 Å². The molecule has 0 amide bonds. The molecular formula is C25H23FN2O3. The summed E-state index contributed by atoms with van der Waals surface area (Å²) in [6.45, 7) is 5.45. The second-order valence-corrected chi connectivity index (χ2v) is 7.34. The van der Waals surface area contributed by atoms with Crippen LogP contribution >= 0.6 is 0 Å². The number of rotatable bonds is 6. The van der Waals surface area contributed by atoms with Crippen LogP contribution in [0.2, 0.25) is 0 Å². The van der Waals surface area contributed by atoms with E-state index in [1.807, 2.05) is 6.92 Å². The van der Waals surface area contributed by atoms with Gasteiger partial charge in [-0.2, -0.15) is 5.10 Å². The Kier molecular flexibility index (Phi) is 6.36. The molecule has 0 spiro atoms. The minimum absolute atomic E-state index is 0.00189. The minimum atomic E-state index is -0.379. The summed E-state index contributed by atoms with van der Waals surface area (Å²) in [5.74, 6) is 2.38. The molecule has 0 radical (unpaired) electrons. The summed E-state index contributed by atoms with van der Waals surface area (Å²) in [5, 5.41) is 4.47. The summed E-state index contributed by atoms with van der Waals surface area (Å²) in [6.07, 6.45) is 5.85. The quantitative estimate of drug-likeness (QED) is 0.442. The van der Waals surface area contributed by atoms with Crippen LogP contribution in [0.3, 0.4) is 0 Å². The number of ketones is 1. The molecule has 0 aliphatic heterocycles. The van der Waals surface area contributed by atoms with E-state index in [0.717, 1.165) is 5.56 Å². The van der Waals surface area contributed by atoms with Crippen LogP contribution in [0.1, 0.15) is 29.2 Å². The fourth-order valence-electron chi connectivity index (χ4n) is 3.52. The molecule has 0 aliphatic rings. The Morgan fingerprint density at radius 3 is 2.48 bits per heavy atom. The number of benzene rings is 2. The van der Waals surface area contributed by atoms with E-state index in [1.54, 1.807) is 39.1 Å². The number of hydrogen-bond acceptors (Lipinski definition) is 4. The smallest absolute Gasteiger partial charge is 0.266 e. The lowest BCUT2D eigenvalue weighted by Crippen LogP contribution is -2.21. The zero-order valence-corrected chi connectivity index (χ0v) is 18.0. The first kappa shape index (κ1) is 22.0. The van der Waals surface area contributed by atoms with Crippen LogP contribution in [0.15, 0.2) is 41.2 Å². The second kappa shape index (κ2) is 8.97. The van der Waals surface area contributed by atoms with Crippen LogP contribution in [0.25, 0.3) is 11.3 Å². The lowest BCUT2D eigenvalue weighted by Gasteiger charge is -2.19. The lowest BCUT2D eigenvalue weighted by atomic mass is 9.95. The zero-order valence-electron chi connectivity index (χ0n) is 18.0. The summed E-state index contributed by atoms with van der Waals surface area (Å²) in [4.78, 5) is 24.2. The summed E-state index contributed by atoms with van der Waals surface area (Å²) in [6, 6.07) is 9.63. The molecule has 0 unspecified atom stereocenters. The second-order valence-electron chi connectivity index (χ2n) is 7.34. The van der Waals surface area contributed by atoms with E-state index in [2.05, 4.69) is 11.0 Å². The van der Waals surface area contributed by atoms with E-state index in [1.165, 1.54) is 22.9 Å². The first-order valence-corrected chi connectivity index (χ1v) is 9.88. The first-order chi connectivity index (χ1) is 14.7. The lowest BCUT2D eigenvalue weighted by molar-refractivity contribution is -0.113. The minimum Gasteiger partial charge on any atom is -0.456 e. The van der Waals surface area contributed by atoms with Gasteiger partial charge in [-0.05, 0) is 66.6 Å². The van der Waals surface area contributed by atoms with Gasteiger partial charge in [-0.15, -0.1) is 6.42 Å². The summed E-state index contributed by atoms with van der Waals surface area (Å²) >= 11 is 0. The van der Waals surface area contributed by atoms with Gasteiger partial charge >= 0.3 is 0 Å². The number of terminal acetylenes is 1. The Morgan fingerprint density at radius 1 is 1.19 bits per heavy atom. The van der Waals surface area contributed by atoms with E-state index >= 15 is 0 Å². The molecule has 0 saturated carbocycles. The van der Waals surface area contributed by atoms with Gasteiger partial charge in [0.2, 0.25) is 5.78 Å². The average Bonchev–Trinajstić information content (AvgIpc) is 2.72. The highest BCUT2D eigenvalue weighted by Gasteiger charge is 2.21. The maximum atomic E-state index is 13.8. The van der Waals surface area contributed by atoms with Crippen LogP contribution < -0.4 is 10.3 Å². The van der Waals surface area contributed by atoms with Crippen molar-refractivity contribution >= 4 is 5.78 Å². The largest absolute Gasteiger partial charge is 0.456 e. The predicted octanol–water partition coefficient (Wildman–Crippen LogP) is 4.30. The summed E-state index contributed by atoms with van der Waals surface area (Å²) in [7, 11) is 1.56. The Morgan fingerprint density at radius 2 is 1.87 bits per heavy atom. The van der Waals surface area contributed by atoms with Gasteiger partial charge in [0.15, 0.2) is 0 Å². The molecule has 0 bridgehead atoms. The molecule has 0 saturated heterocycles. The van der Waals surface area contributed by atoms with Crippen molar-refractivity contribution < 1.29 is 13.9 Å². The highest BCUT2D eigenvalue weighted by Crippen LogP contribution is 2.39. The number of aryl methyl sites for hydroxylation is 4. The molecule has 5 nitrogen and oxygen atoms in total. The fourth-order valence-corrected chi connectivity index (χ4v) is 3.52. The van der Waals surface area contributed by atoms with Crippen LogP contribution in [-0.2, 0) is 24.7 Å². The van der Waals surface area contributed by atoms with Gasteiger partial charge in [0.25, 0.3) is 5.56 Å². The van der Waals surface area contributed by atoms with E-state index < -0.39 is 0 Å². The van der Waals surface area contributed by atoms with Crippen LogP contribution in [-0.4, -0.2) is 15.6 Å². The highest BCUT2D eigenvalue weighted by atomic mass is 19.1. The first-order valence-electron chi connectivity index (χ1n) is 9.88. The van der Waals surface area contributed by atoms with Crippen molar-refractivity contribution in [1.82, 2.24) is 9.78 Å². The monoisotopic (exact) mass is 418 g/mol. The Hall–Kier alpha value is -3.72. The van der Waals surface area contributed by atoms with Gasteiger partial charge in [0, 0.05) is 25.1 Å². The molecule has 0 fully saturated rings. The highest BCUT2D eigenvalue weighted by molar-refractivity contribution is 5.97. The maximum Gasteiger partial charge on any atom is 0.266 e. The van der Waals surface area contributed by atoms with Gasteiger partial charge in [-0.25, -0.2) is 9.07 Å². The van der Waals surface area contributed by atoms with E-state index in [9.17, 15) is 14.0 Å². The molecule has 0 atom stereocenters. The summed E-state index contributed by atoms with van der Waals surface area (Å²) in [5.41, 5.74) is 3.53. The molecule has 6 heteroatoms. The van der Waals surface area contributed by atoms with Gasteiger partial charge < -0.3 is 4.74 Å². The molecule has 0 aliphatic carbocycles. The van der Waals surface area contributed by atoms with Gasteiger partial charge in [0.05, 0.1) is 5.69 Å². The number of aromatic nitrogens is 2. The number of carbonyl (C=O) groups excluding carboxylic acids is 1. The normalized spacial score (nSPS) is 10.6. The van der Waals surface area contributed by atoms with Crippen molar-refractivity contribution in [2.45, 2.75) is 33.6 Å². The van der Waals surface area contributed by atoms with Crippen LogP contribution in [0, 0.1) is 32.0 Å². The molecular weight excluding hydrogens is 395 g/mol. The third kappa shape index (κ3) is 4.56. The third-order valence-electron chi connectivity index (χ3n) is 5.05. The molecule has 2 aromatic carbocycles. The molecule has 158 valence electrons. The number of hydrogen-bond donors (Lipinski definition) is 0. The van der Waals surface area contributed by atoms with Gasteiger partial charge in [0.1, 0.15) is 17.3 Å². The van der Waals surface area contributed by atoms with Crippen LogP contribution in [0.4, 0.5) is 4.39 Å². The molecule has 31 heavy (non-hydrogen) atoms. The standard InChI is InChI=1S/C25H23FN2O3/c1-6-17-14-22(30)28(5)27-24(17)23-18(13-20(29)7-2)9-8-10-21(23)31-25-15(3)11-19(26)12-16(25)4/h2,8-12,14H,6,13H2,1,3-5H3. The predicted molar refractivity (Wildman–Crippen MR) is 118 cm³/mol. The molecule has 0 N–H and O–H groups in total. The topological polar surface area (TPSA) is 61.2 Å². The van der Waals surface area contributed by atoms with Gasteiger partial charge in [-0.3, -0.25) is 9.59 Å². The van der Waals surface area contributed by atoms with Gasteiger partial charge in [-0.1, -0.05) is 19.1 Å². The van der Waals surface area contributed by atoms with Crippen molar-refractivity contribution in [2.75, 3.05) is 0 Å². The average molecular weight is 418 g/mol. The van der Waals surface area contributed by atoms with Crippen molar-refractivity contribution in [2.24, 2.45) is 7.05 Å². The van der Waals surface area contributed by atoms with Crippen molar-refractivity contribution in [3.05, 3.63) is 74.8 Å². The SMILES string of the molecule is C#CC(=O)Cc1cccc(Oc2c(C)cc(F)cc2C)c1-c1nn(C)c(=O)cc1CC. The fraction of sp³-hybridized carbons (Fsp3) is 0.240. The number of nitrogens with zero attached hydrogens (tertiary/aromatic N) is 2. The maximum absolute atomic E-state index is 13.8. The molecule has 1 aromatic heterocycles. The Balaban J connectivity index is 2.28. The summed E-state index contributed by atoms with van der Waals surface area (Å²) < 4.78 is 21.3. The Labute approximate surface area is 180 Å². The number of carbonyl (C=O) groups is 1. The molecule has 3 aromatic rings.